The zero-order valence-electron chi connectivity index (χ0n) is 14.8. The van der Waals surface area contributed by atoms with Crippen molar-refractivity contribution in [3.63, 3.8) is 0 Å². The molecule has 24 heavy (non-hydrogen) atoms. The smallest absolute Gasteiger partial charge is 0.303 e. The first-order valence-corrected chi connectivity index (χ1v) is 9.30. The predicted octanol–water partition coefficient (Wildman–Crippen LogP) is 4.28. The van der Waals surface area contributed by atoms with E-state index in [1.165, 1.54) is 12.8 Å². The molecule has 1 rings (SSSR count). The van der Waals surface area contributed by atoms with Crippen LogP contribution in [0.25, 0.3) is 0 Å². The van der Waals surface area contributed by atoms with Crippen molar-refractivity contribution < 1.29 is 19.8 Å². The molecule has 0 aromatic rings. The Morgan fingerprint density at radius 1 is 1.29 bits per heavy atom. The normalized spacial score (nSPS) is 22.7. The standard InChI is InChI=1S/C20H32O4/c1-2-3-4-6-9-17(21)14-12-16-13-15-19(22)18(16)10-7-5-8-11-20(23)24/h5,7,12,14,16-18,21H,2-4,6,8-11,13,15H2,1H3,(H,23,24)/b7-5-,14-12?/t16-,17?,18+/m1/s1. The average Bonchev–Trinajstić information content (AvgIpc) is 2.89. The van der Waals surface area contributed by atoms with Crippen LogP contribution in [0.3, 0.4) is 0 Å². The van der Waals surface area contributed by atoms with Crippen LogP contribution in [0.15, 0.2) is 24.3 Å². The maximum absolute atomic E-state index is 12.0. The Labute approximate surface area is 145 Å². The van der Waals surface area contributed by atoms with Gasteiger partial charge in [0.1, 0.15) is 5.78 Å². The van der Waals surface area contributed by atoms with Crippen LogP contribution < -0.4 is 0 Å². The molecule has 0 radical (unpaired) electrons. The van der Waals surface area contributed by atoms with E-state index < -0.39 is 12.1 Å². The number of ketones is 1. The zero-order chi connectivity index (χ0) is 17.8. The van der Waals surface area contributed by atoms with Gasteiger partial charge in [-0.05, 0) is 31.6 Å². The lowest BCUT2D eigenvalue weighted by molar-refractivity contribution is -0.136. The molecule has 0 bridgehead atoms. The molecule has 1 fully saturated rings. The molecule has 0 spiro atoms. The van der Waals surface area contributed by atoms with Gasteiger partial charge in [-0.1, -0.05) is 56.9 Å². The third kappa shape index (κ3) is 8.44. The van der Waals surface area contributed by atoms with Crippen molar-refractivity contribution in [3.05, 3.63) is 24.3 Å². The van der Waals surface area contributed by atoms with Crippen LogP contribution in [-0.4, -0.2) is 28.1 Å². The molecule has 1 aliphatic rings. The van der Waals surface area contributed by atoms with Gasteiger partial charge in [-0.25, -0.2) is 0 Å². The highest BCUT2D eigenvalue weighted by atomic mass is 16.4. The summed E-state index contributed by atoms with van der Waals surface area (Å²) in [6, 6.07) is 0. The maximum atomic E-state index is 12.0. The Bertz CT molecular complexity index is 439. The summed E-state index contributed by atoms with van der Waals surface area (Å²) in [6.07, 6.45) is 15.4. The first-order valence-electron chi connectivity index (χ1n) is 9.30. The van der Waals surface area contributed by atoms with Crippen LogP contribution >= 0.6 is 0 Å². The number of unbranched alkanes of at least 4 members (excludes halogenated alkanes) is 3. The lowest BCUT2D eigenvalue weighted by Crippen LogP contribution is -2.13. The molecule has 4 nitrogen and oxygen atoms in total. The number of allylic oxidation sites excluding steroid dienone is 3. The molecule has 1 unspecified atom stereocenters. The number of aliphatic carboxylic acids is 1. The maximum Gasteiger partial charge on any atom is 0.303 e. The van der Waals surface area contributed by atoms with E-state index in [0.29, 0.717) is 19.3 Å². The number of carboxylic acid groups (broad SMARTS) is 1. The Balaban J connectivity index is 2.37. The van der Waals surface area contributed by atoms with E-state index in [9.17, 15) is 14.7 Å². The molecule has 0 aromatic heterocycles. The van der Waals surface area contributed by atoms with Crippen molar-refractivity contribution in [1.82, 2.24) is 0 Å². The van der Waals surface area contributed by atoms with Gasteiger partial charge in [-0.2, -0.15) is 0 Å². The fourth-order valence-electron chi connectivity index (χ4n) is 3.19. The van der Waals surface area contributed by atoms with E-state index in [-0.39, 0.29) is 24.0 Å². The summed E-state index contributed by atoms with van der Waals surface area (Å²) in [5, 5.41) is 18.6. The summed E-state index contributed by atoms with van der Waals surface area (Å²) >= 11 is 0. The van der Waals surface area contributed by atoms with Gasteiger partial charge < -0.3 is 10.2 Å². The Kier molecular flexibility index (Phi) is 10.3. The first kappa shape index (κ1) is 20.6. The minimum absolute atomic E-state index is 0.0189. The Morgan fingerprint density at radius 2 is 2.08 bits per heavy atom. The Morgan fingerprint density at radius 3 is 2.79 bits per heavy atom. The molecule has 0 heterocycles. The van der Waals surface area contributed by atoms with Gasteiger partial charge in [-0.15, -0.1) is 0 Å². The highest BCUT2D eigenvalue weighted by Crippen LogP contribution is 2.33. The molecule has 0 aliphatic heterocycles. The van der Waals surface area contributed by atoms with E-state index >= 15 is 0 Å². The van der Waals surface area contributed by atoms with Gasteiger partial charge in [0.05, 0.1) is 6.10 Å². The molecule has 136 valence electrons. The first-order chi connectivity index (χ1) is 11.5. The molecule has 0 aromatic carbocycles. The fourth-order valence-corrected chi connectivity index (χ4v) is 3.19. The minimum Gasteiger partial charge on any atom is -0.481 e. The predicted molar refractivity (Wildman–Crippen MR) is 95.8 cm³/mol. The van der Waals surface area contributed by atoms with Gasteiger partial charge >= 0.3 is 5.97 Å². The summed E-state index contributed by atoms with van der Waals surface area (Å²) < 4.78 is 0. The van der Waals surface area contributed by atoms with Gasteiger partial charge in [0.2, 0.25) is 0 Å². The SMILES string of the molecule is CCCCCCC(O)C=C[C@@H]1CCC(=O)[C@H]1C/C=C\CCC(=O)O. The van der Waals surface area contributed by atoms with E-state index in [1.54, 1.807) is 0 Å². The summed E-state index contributed by atoms with van der Waals surface area (Å²) in [5.74, 6) is -0.336. The molecule has 3 atom stereocenters. The zero-order valence-corrected chi connectivity index (χ0v) is 14.8. The number of hydrogen-bond acceptors (Lipinski definition) is 3. The number of aliphatic hydroxyl groups excluding tert-OH is 1. The van der Waals surface area contributed by atoms with Crippen molar-refractivity contribution in [3.8, 4) is 0 Å². The van der Waals surface area contributed by atoms with Gasteiger partial charge in [-0.3, -0.25) is 9.59 Å². The summed E-state index contributed by atoms with van der Waals surface area (Å²) in [4.78, 5) is 22.5. The minimum atomic E-state index is -0.801. The van der Waals surface area contributed by atoms with Crippen molar-refractivity contribution >= 4 is 11.8 Å². The van der Waals surface area contributed by atoms with Crippen molar-refractivity contribution in [1.29, 1.82) is 0 Å². The Hall–Kier alpha value is -1.42. The summed E-state index contributed by atoms with van der Waals surface area (Å²) in [7, 11) is 0. The molecule has 0 saturated heterocycles. The number of carbonyl (C=O) groups is 2. The number of carbonyl (C=O) groups excluding carboxylic acids is 1. The van der Waals surface area contributed by atoms with Crippen LogP contribution in [0.4, 0.5) is 0 Å². The third-order valence-electron chi connectivity index (χ3n) is 4.67. The largest absolute Gasteiger partial charge is 0.481 e. The van der Waals surface area contributed by atoms with Crippen LogP contribution in [0.2, 0.25) is 0 Å². The number of rotatable bonds is 12. The van der Waals surface area contributed by atoms with E-state index in [2.05, 4.69) is 6.92 Å². The number of carboxylic acids is 1. The molecule has 2 N–H and O–H groups in total. The van der Waals surface area contributed by atoms with Gasteiger partial charge in [0.15, 0.2) is 0 Å². The van der Waals surface area contributed by atoms with Gasteiger partial charge in [0, 0.05) is 18.8 Å². The number of Topliss-reactive ketones (excluding diaryl/α,β-unsaturated/α-hetero) is 1. The summed E-state index contributed by atoms with van der Waals surface area (Å²) in [6.45, 7) is 2.17. The fraction of sp³-hybridized carbons (Fsp3) is 0.700. The lowest BCUT2D eigenvalue weighted by atomic mass is 9.91. The second-order valence-corrected chi connectivity index (χ2v) is 6.72. The van der Waals surface area contributed by atoms with Crippen LogP contribution in [0, 0.1) is 11.8 Å². The quantitative estimate of drug-likeness (QED) is 0.412. The second-order valence-electron chi connectivity index (χ2n) is 6.72. The van der Waals surface area contributed by atoms with Crippen LogP contribution in [0.1, 0.15) is 71.1 Å². The van der Waals surface area contributed by atoms with E-state index in [0.717, 1.165) is 25.7 Å². The molecular formula is C20H32O4. The highest BCUT2D eigenvalue weighted by Gasteiger charge is 2.31. The number of aliphatic hydroxyl groups is 1. The monoisotopic (exact) mass is 336 g/mol. The molecule has 0 amide bonds. The van der Waals surface area contributed by atoms with Crippen molar-refractivity contribution in [2.45, 2.75) is 77.2 Å². The van der Waals surface area contributed by atoms with E-state index in [4.69, 9.17) is 5.11 Å². The summed E-state index contributed by atoms with van der Waals surface area (Å²) in [5.41, 5.74) is 0. The van der Waals surface area contributed by atoms with Gasteiger partial charge in [0.25, 0.3) is 0 Å². The van der Waals surface area contributed by atoms with Crippen LogP contribution in [0.5, 0.6) is 0 Å². The van der Waals surface area contributed by atoms with E-state index in [1.807, 2.05) is 24.3 Å². The van der Waals surface area contributed by atoms with Crippen molar-refractivity contribution in [2.24, 2.45) is 11.8 Å². The number of hydrogen-bond donors (Lipinski definition) is 2. The molecule has 1 aliphatic carbocycles. The highest BCUT2D eigenvalue weighted by molar-refractivity contribution is 5.83. The third-order valence-corrected chi connectivity index (χ3v) is 4.67. The lowest BCUT2D eigenvalue weighted by Gasteiger charge is -2.13. The molecule has 1 saturated carbocycles. The topological polar surface area (TPSA) is 74.6 Å². The second kappa shape index (κ2) is 12.0. The van der Waals surface area contributed by atoms with Crippen LogP contribution in [-0.2, 0) is 9.59 Å². The molecule has 4 heteroatoms. The average molecular weight is 336 g/mol. The van der Waals surface area contributed by atoms with Crippen molar-refractivity contribution in [2.75, 3.05) is 0 Å². The molecular weight excluding hydrogens is 304 g/mol.